The van der Waals surface area contributed by atoms with Crippen LogP contribution in [0.4, 0.5) is 4.79 Å². The highest BCUT2D eigenvalue weighted by Gasteiger charge is 2.29. The average molecular weight is 353 g/mol. The summed E-state index contributed by atoms with van der Waals surface area (Å²) >= 11 is 0. The molecule has 1 aliphatic carbocycles. The summed E-state index contributed by atoms with van der Waals surface area (Å²) in [6.07, 6.45) is 3.53. The molecule has 142 valence electrons. The van der Waals surface area contributed by atoms with Crippen molar-refractivity contribution in [2.24, 2.45) is 10.9 Å². The predicted octanol–water partition coefficient (Wildman–Crippen LogP) is 0.689. The lowest BCUT2D eigenvalue weighted by atomic mass is 10.1. The highest BCUT2D eigenvalue weighted by atomic mass is 16.6. The van der Waals surface area contributed by atoms with Crippen LogP contribution in [0, 0.1) is 5.92 Å². The zero-order chi connectivity index (χ0) is 18.1. The maximum Gasteiger partial charge on any atom is 0.409 e. The number of nitrogens with one attached hydrogen (secondary N) is 3. The summed E-state index contributed by atoms with van der Waals surface area (Å²) in [5.41, 5.74) is 0. The number of likely N-dealkylation sites (tertiary alicyclic amines) is 1. The van der Waals surface area contributed by atoms with E-state index in [2.05, 4.69) is 20.9 Å². The van der Waals surface area contributed by atoms with Crippen molar-refractivity contribution in [3.63, 3.8) is 0 Å². The van der Waals surface area contributed by atoms with Gasteiger partial charge in [-0.25, -0.2) is 4.79 Å². The number of piperidine rings is 1. The molecular formula is C17H31N5O3. The van der Waals surface area contributed by atoms with Crippen LogP contribution in [0.5, 0.6) is 0 Å². The molecule has 2 rings (SSSR count). The standard InChI is InChI=1S/C17H31N5O3/c1-3-18-16(20-10-9-19-15(23)13-5-6-13)21-14-7-11-22(12-8-14)17(24)25-4-2/h13-14H,3-12H2,1-2H3,(H,19,23)(H2,18,20,21). The molecule has 0 aromatic rings. The molecule has 0 aromatic heterocycles. The number of carbonyl (C=O) groups excluding carboxylic acids is 2. The molecule has 0 spiro atoms. The Bertz CT molecular complexity index is 471. The molecule has 1 saturated carbocycles. The minimum atomic E-state index is -0.229. The SMILES string of the molecule is CCNC(=NCCNC(=O)C1CC1)NC1CCN(C(=O)OCC)CC1. The summed E-state index contributed by atoms with van der Waals surface area (Å²) in [5.74, 6) is 1.15. The maximum absolute atomic E-state index is 11.7. The fourth-order valence-electron chi connectivity index (χ4n) is 2.77. The van der Waals surface area contributed by atoms with E-state index in [4.69, 9.17) is 4.74 Å². The molecule has 0 bridgehead atoms. The molecule has 3 N–H and O–H groups in total. The van der Waals surface area contributed by atoms with E-state index >= 15 is 0 Å². The number of amides is 2. The molecule has 2 amide bonds. The van der Waals surface area contributed by atoms with Gasteiger partial charge in [0.05, 0.1) is 13.2 Å². The second-order valence-electron chi connectivity index (χ2n) is 6.43. The van der Waals surface area contributed by atoms with Crippen molar-refractivity contribution in [1.82, 2.24) is 20.9 Å². The van der Waals surface area contributed by atoms with Gasteiger partial charge in [-0.15, -0.1) is 0 Å². The second kappa shape index (κ2) is 10.1. The van der Waals surface area contributed by atoms with Crippen LogP contribution in [0.25, 0.3) is 0 Å². The van der Waals surface area contributed by atoms with Gasteiger partial charge in [0.15, 0.2) is 5.96 Å². The summed E-state index contributed by atoms with van der Waals surface area (Å²) in [4.78, 5) is 29.6. The normalized spacial score (nSPS) is 18.6. The molecule has 8 heteroatoms. The van der Waals surface area contributed by atoms with E-state index in [1.165, 1.54) is 0 Å². The first kappa shape index (κ1) is 19.3. The van der Waals surface area contributed by atoms with E-state index in [0.717, 1.165) is 38.2 Å². The summed E-state index contributed by atoms with van der Waals surface area (Å²) in [7, 11) is 0. The van der Waals surface area contributed by atoms with Crippen LogP contribution in [0.3, 0.4) is 0 Å². The van der Waals surface area contributed by atoms with E-state index in [1.54, 1.807) is 4.90 Å². The lowest BCUT2D eigenvalue weighted by Gasteiger charge is -2.32. The first-order chi connectivity index (χ1) is 12.1. The van der Waals surface area contributed by atoms with Crippen molar-refractivity contribution >= 4 is 18.0 Å². The monoisotopic (exact) mass is 353 g/mol. The summed E-state index contributed by atoms with van der Waals surface area (Å²) in [5, 5.41) is 9.56. The minimum absolute atomic E-state index is 0.152. The van der Waals surface area contributed by atoms with Crippen LogP contribution in [0.2, 0.25) is 0 Å². The number of carbonyl (C=O) groups is 2. The van der Waals surface area contributed by atoms with Gasteiger partial charge in [-0.3, -0.25) is 9.79 Å². The number of rotatable bonds is 7. The van der Waals surface area contributed by atoms with Gasteiger partial charge in [-0.05, 0) is 39.5 Å². The predicted molar refractivity (Wildman–Crippen MR) is 96.5 cm³/mol. The largest absolute Gasteiger partial charge is 0.450 e. The number of hydrogen-bond acceptors (Lipinski definition) is 4. The Morgan fingerprint density at radius 3 is 2.44 bits per heavy atom. The van der Waals surface area contributed by atoms with E-state index < -0.39 is 0 Å². The van der Waals surface area contributed by atoms with Gasteiger partial charge in [0.25, 0.3) is 0 Å². The molecule has 1 saturated heterocycles. The van der Waals surface area contributed by atoms with Gasteiger partial charge in [-0.2, -0.15) is 0 Å². The van der Waals surface area contributed by atoms with Crippen LogP contribution in [-0.2, 0) is 9.53 Å². The van der Waals surface area contributed by atoms with Gasteiger partial charge < -0.3 is 25.6 Å². The van der Waals surface area contributed by atoms with Crippen LogP contribution < -0.4 is 16.0 Å². The highest BCUT2D eigenvalue weighted by Crippen LogP contribution is 2.28. The number of ether oxygens (including phenoxy) is 1. The van der Waals surface area contributed by atoms with Crippen molar-refractivity contribution in [2.45, 2.75) is 45.6 Å². The van der Waals surface area contributed by atoms with Crippen molar-refractivity contribution in [3.8, 4) is 0 Å². The Balaban J connectivity index is 1.70. The Morgan fingerprint density at radius 1 is 1.12 bits per heavy atom. The third-order valence-electron chi connectivity index (χ3n) is 4.34. The summed E-state index contributed by atoms with van der Waals surface area (Å²) < 4.78 is 5.04. The quantitative estimate of drug-likeness (QED) is 0.356. The first-order valence-corrected chi connectivity index (χ1v) is 9.38. The molecule has 8 nitrogen and oxygen atoms in total. The van der Waals surface area contributed by atoms with E-state index in [-0.39, 0.29) is 24.0 Å². The fourth-order valence-corrected chi connectivity index (χ4v) is 2.77. The summed E-state index contributed by atoms with van der Waals surface area (Å²) in [6.45, 7) is 7.52. The number of nitrogens with zero attached hydrogens (tertiary/aromatic N) is 2. The molecule has 2 aliphatic rings. The molecule has 0 unspecified atom stereocenters. The molecule has 2 fully saturated rings. The van der Waals surface area contributed by atoms with Gasteiger partial charge in [-0.1, -0.05) is 0 Å². The van der Waals surface area contributed by atoms with Crippen molar-refractivity contribution in [1.29, 1.82) is 0 Å². The third-order valence-corrected chi connectivity index (χ3v) is 4.34. The second-order valence-corrected chi connectivity index (χ2v) is 6.43. The lowest BCUT2D eigenvalue weighted by Crippen LogP contribution is -2.50. The minimum Gasteiger partial charge on any atom is -0.450 e. The number of guanidine groups is 1. The van der Waals surface area contributed by atoms with Crippen LogP contribution in [0.1, 0.15) is 39.5 Å². The zero-order valence-corrected chi connectivity index (χ0v) is 15.3. The van der Waals surface area contributed by atoms with Crippen molar-refractivity contribution in [2.75, 3.05) is 39.3 Å². The molecule has 1 heterocycles. The van der Waals surface area contributed by atoms with E-state index in [0.29, 0.717) is 32.8 Å². The first-order valence-electron chi connectivity index (χ1n) is 9.38. The van der Waals surface area contributed by atoms with Gasteiger partial charge in [0.2, 0.25) is 5.91 Å². The van der Waals surface area contributed by atoms with Crippen LogP contribution in [-0.4, -0.2) is 68.2 Å². The van der Waals surface area contributed by atoms with Gasteiger partial charge >= 0.3 is 6.09 Å². The third kappa shape index (κ3) is 6.80. The topological polar surface area (TPSA) is 95.1 Å². The molecular weight excluding hydrogens is 322 g/mol. The van der Waals surface area contributed by atoms with E-state index in [9.17, 15) is 9.59 Å². The summed E-state index contributed by atoms with van der Waals surface area (Å²) in [6, 6.07) is 0.282. The average Bonchev–Trinajstić information content (AvgIpc) is 3.44. The van der Waals surface area contributed by atoms with Crippen LogP contribution in [0.15, 0.2) is 4.99 Å². The Labute approximate surface area is 149 Å². The zero-order valence-electron chi connectivity index (χ0n) is 15.3. The number of aliphatic imine (C=N–C) groups is 1. The fraction of sp³-hybridized carbons (Fsp3) is 0.824. The smallest absolute Gasteiger partial charge is 0.409 e. The Morgan fingerprint density at radius 2 is 1.84 bits per heavy atom. The van der Waals surface area contributed by atoms with Crippen molar-refractivity contribution < 1.29 is 14.3 Å². The molecule has 0 atom stereocenters. The van der Waals surface area contributed by atoms with Gasteiger partial charge in [0, 0.05) is 38.1 Å². The highest BCUT2D eigenvalue weighted by molar-refractivity contribution is 5.81. The maximum atomic E-state index is 11.7. The molecule has 0 radical (unpaired) electrons. The number of hydrogen-bond donors (Lipinski definition) is 3. The van der Waals surface area contributed by atoms with Crippen LogP contribution >= 0.6 is 0 Å². The molecule has 1 aliphatic heterocycles. The van der Waals surface area contributed by atoms with Gasteiger partial charge in [0.1, 0.15) is 0 Å². The molecule has 25 heavy (non-hydrogen) atoms. The van der Waals surface area contributed by atoms with Crippen molar-refractivity contribution in [3.05, 3.63) is 0 Å². The Hall–Kier alpha value is -1.99. The Kier molecular flexibility index (Phi) is 7.81. The molecule has 0 aromatic carbocycles. The van der Waals surface area contributed by atoms with E-state index in [1.807, 2.05) is 13.8 Å². The lowest BCUT2D eigenvalue weighted by molar-refractivity contribution is -0.122.